The van der Waals surface area contributed by atoms with E-state index < -0.39 is 0 Å². The van der Waals surface area contributed by atoms with Crippen molar-refractivity contribution in [1.82, 2.24) is 25.7 Å². The highest BCUT2D eigenvalue weighted by atomic mass is 16.2. The first kappa shape index (κ1) is 13.8. The molecule has 7 nitrogen and oxygen atoms in total. The van der Waals surface area contributed by atoms with Gasteiger partial charge in [0.05, 0.1) is 11.7 Å². The van der Waals surface area contributed by atoms with Crippen molar-refractivity contribution in [2.75, 3.05) is 19.6 Å². The van der Waals surface area contributed by atoms with E-state index in [1.54, 1.807) is 0 Å². The number of carbonyl (C=O) groups excluding carboxylic acids is 2. The third kappa shape index (κ3) is 2.29. The maximum absolute atomic E-state index is 12.8. The Bertz CT molecular complexity index is 611. The first-order chi connectivity index (χ1) is 10.7. The number of nitrogens with one attached hydrogen (secondary N) is 3. The van der Waals surface area contributed by atoms with E-state index in [2.05, 4.69) is 20.8 Å². The lowest BCUT2D eigenvalue weighted by atomic mass is 9.99. The van der Waals surface area contributed by atoms with Crippen LogP contribution in [0.4, 0.5) is 0 Å². The molecule has 0 saturated carbocycles. The zero-order chi connectivity index (χ0) is 15.1. The molecule has 118 valence electrons. The minimum Gasteiger partial charge on any atom is -0.351 e. The van der Waals surface area contributed by atoms with E-state index in [-0.39, 0.29) is 17.9 Å². The summed E-state index contributed by atoms with van der Waals surface area (Å²) in [7, 11) is 0. The smallest absolute Gasteiger partial charge is 0.274 e. The van der Waals surface area contributed by atoms with Gasteiger partial charge < -0.3 is 15.5 Å². The van der Waals surface area contributed by atoms with Gasteiger partial charge in [-0.25, -0.2) is 0 Å². The summed E-state index contributed by atoms with van der Waals surface area (Å²) in [6.07, 6.45) is 3.37. The number of amides is 2. The number of carbonyl (C=O) groups is 2. The lowest BCUT2D eigenvalue weighted by molar-refractivity contribution is -0.121. The van der Waals surface area contributed by atoms with E-state index in [0.29, 0.717) is 24.6 Å². The Balaban J connectivity index is 1.52. The summed E-state index contributed by atoms with van der Waals surface area (Å²) in [4.78, 5) is 26.3. The zero-order valence-electron chi connectivity index (χ0n) is 12.5. The van der Waals surface area contributed by atoms with Gasteiger partial charge in [0.2, 0.25) is 5.91 Å². The molecule has 2 atom stereocenters. The molecule has 0 spiro atoms. The van der Waals surface area contributed by atoms with Crippen LogP contribution in [0.5, 0.6) is 0 Å². The highest BCUT2D eigenvalue weighted by molar-refractivity contribution is 5.94. The van der Waals surface area contributed by atoms with Gasteiger partial charge in [-0.15, -0.1) is 0 Å². The van der Waals surface area contributed by atoms with Gasteiger partial charge in [0.25, 0.3) is 5.91 Å². The summed E-state index contributed by atoms with van der Waals surface area (Å²) in [5, 5.41) is 13.6. The van der Waals surface area contributed by atoms with Gasteiger partial charge in [0.15, 0.2) is 5.69 Å². The van der Waals surface area contributed by atoms with Crippen molar-refractivity contribution in [2.24, 2.45) is 5.92 Å². The van der Waals surface area contributed by atoms with Crippen molar-refractivity contribution in [3.63, 3.8) is 0 Å². The molecule has 0 radical (unpaired) electrons. The van der Waals surface area contributed by atoms with Gasteiger partial charge in [-0.05, 0) is 31.7 Å². The summed E-state index contributed by atoms with van der Waals surface area (Å²) in [5.74, 6) is 0.499. The highest BCUT2D eigenvalue weighted by Gasteiger charge is 2.38. The summed E-state index contributed by atoms with van der Waals surface area (Å²) in [6.45, 7) is 2.96. The maximum Gasteiger partial charge on any atom is 0.274 e. The fourth-order valence-corrected chi connectivity index (χ4v) is 3.87. The van der Waals surface area contributed by atoms with Gasteiger partial charge in [0.1, 0.15) is 0 Å². The number of likely N-dealkylation sites (tertiary alicyclic amines) is 1. The van der Waals surface area contributed by atoms with E-state index in [1.807, 2.05) is 4.90 Å². The van der Waals surface area contributed by atoms with Crippen LogP contribution in [0.25, 0.3) is 0 Å². The van der Waals surface area contributed by atoms with Gasteiger partial charge >= 0.3 is 0 Å². The largest absolute Gasteiger partial charge is 0.351 e. The van der Waals surface area contributed by atoms with Crippen LogP contribution in [0, 0.1) is 5.92 Å². The monoisotopic (exact) mass is 303 g/mol. The predicted molar refractivity (Wildman–Crippen MR) is 79.2 cm³/mol. The molecule has 3 N–H and O–H groups in total. The molecule has 0 bridgehead atoms. The fourth-order valence-electron chi connectivity index (χ4n) is 3.87. The Labute approximate surface area is 128 Å². The molecule has 2 fully saturated rings. The van der Waals surface area contributed by atoms with Crippen LogP contribution in [0.2, 0.25) is 0 Å². The lowest BCUT2D eigenvalue weighted by Crippen LogP contribution is -2.39. The number of H-pyrrole nitrogens is 1. The lowest BCUT2D eigenvalue weighted by Gasteiger charge is -2.18. The van der Waals surface area contributed by atoms with E-state index in [9.17, 15) is 9.59 Å². The quantitative estimate of drug-likeness (QED) is 0.670. The van der Waals surface area contributed by atoms with Crippen LogP contribution in [-0.4, -0.2) is 52.6 Å². The molecule has 2 unspecified atom stereocenters. The number of hydrogen-bond donors (Lipinski definition) is 3. The molecule has 0 aromatic carbocycles. The van der Waals surface area contributed by atoms with Crippen LogP contribution in [0.15, 0.2) is 0 Å². The van der Waals surface area contributed by atoms with Crippen molar-refractivity contribution >= 4 is 11.8 Å². The Hall–Kier alpha value is -1.89. The Kier molecular flexibility index (Phi) is 3.37. The van der Waals surface area contributed by atoms with Gasteiger partial charge in [-0.3, -0.25) is 14.7 Å². The average molecular weight is 303 g/mol. The molecule has 1 aromatic rings. The molecule has 4 rings (SSSR count). The molecule has 22 heavy (non-hydrogen) atoms. The van der Waals surface area contributed by atoms with Crippen LogP contribution in [0.1, 0.15) is 41.0 Å². The normalized spacial score (nSPS) is 27.8. The first-order valence-electron chi connectivity index (χ1n) is 8.08. The van der Waals surface area contributed by atoms with Crippen LogP contribution in [0.3, 0.4) is 0 Å². The minimum atomic E-state index is 0.00159. The summed E-state index contributed by atoms with van der Waals surface area (Å²) < 4.78 is 0. The van der Waals surface area contributed by atoms with Gasteiger partial charge in [-0.2, -0.15) is 5.10 Å². The third-order valence-corrected chi connectivity index (χ3v) is 5.06. The molecule has 1 aromatic heterocycles. The van der Waals surface area contributed by atoms with Crippen molar-refractivity contribution in [2.45, 2.75) is 38.3 Å². The summed E-state index contributed by atoms with van der Waals surface area (Å²) in [5.41, 5.74) is 2.65. The molecule has 7 heteroatoms. The summed E-state index contributed by atoms with van der Waals surface area (Å²) in [6, 6.07) is 0.107. The van der Waals surface area contributed by atoms with Crippen molar-refractivity contribution in [3.05, 3.63) is 17.0 Å². The van der Waals surface area contributed by atoms with E-state index in [1.165, 1.54) is 0 Å². The number of aromatic nitrogens is 2. The standard InChI is InChI=1S/C15H21N5O2/c21-13-3-1-2-9-7-20(8-12(9)17-13)15(22)14-10-4-5-16-6-11(10)18-19-14/h9,12,16H,1-8H2,(H,17,21)(H,18,19). The van der Waals surface area contributed by atoms with E-state index >= 15 is 0 Å². The second-order valence-corrected chi connectivity index (χ2v) is 6.49. The Morgan fingerprint density at radius 2 is 2.18 bits per heavy atom. The third-order valence-electron chi connectivity index (χ3n) is 5.06. The number of nitrogens with zero attached hydrogens (tertiary/aromatic N) is 2. The highest BCUT2D eigenvalue weighted by Crippen LogP contribution is 2.27. The minimum absolute atomic E-state index is 0.00159. The van der Waals surface area contributed by atoms with Gasteiger partial charge in [0, 0.05) is 31.6 Å². The molecule has 2 amide bonds. The van der Waals surface area contributed by atoms with Crippen LogP contribution in [-0.2, 0) is 17.8 Å². The van der Waals surface area contributed by atoms with Crippen LogP contribution >= 0.6 is 0 Å². The number of hydrogen-bond acceptors (Lipinski definition) is 4. The molecule has 3 aliphatic heterocycles. The van der Waals surface area contributed by atoms with Crippen LogP contribution < -0.4 is 10.6 Å². The predicted octanol–water partition coefficient (Wildman–Crippen LogP) is -0.204. The average Bonchev–Trinajstić information content (AvgIpc) is 3.07. The van der Waals surface area contributed by atoms with E-state index in [0.717, 1.165) is 50.2 Å². The topological polar surface area (TPSA) is 90.1 Å². The maximum atomic E-state index is 12.8. The molecule has 0 aliphatic carbocycles. The Morgan fingerprint density at radius 1 is 1.27 bits per heavy atom. The molecule has 3 aliphatic rings. The molecular formula is C15H21N5O2. The zero-order valence-corrected chi connectivity index (χ0v) is 12.5. The molecule has 4 heterocycles. The fraction of sp³-hybridized carbons (Fsp3) is 0.667. The van der Waals surface area contributed by atoms with Gasteiger partial charge in [-0.1, -0.05) is 0 Å². The number of fused-ring (bicyclic) bond motifs is 2. The number of rotatable bonds is 1. The first-order valence-corrected chi connectivity index (χ1v) is 8.08. The number of aromatic amines is 1. The van der Waals surface area contributed by atoms with E-state index in [4.69, 9.17) is 0 Å². The summed E-state index contributed by atoms with van der Waals surface area (Å²) >= 11 is 0. The molecule has 2 saturated heterocycles. The Morgan fingerprint density at radius 3 is 3.09 bits per heavy atom. The van der Waals surface area contributed by atoms with Crippen molar-refractivity contribution < 1.29 is 9.59 Å². The SMILES string of the molecule is O=C1CCCC2CN(C(=O)c3n[nH]c4c3CCNC4)CC2N1. The van der Waals surface area contributed by atoms with Crippen molar-refractivity contribution in [1.29, 1.82) is 0 Å². The van der Waals surface area contributed by atoms with Crippen molar-refractivity contribution in [3.8, 4) is 0 Å². The second-order valence-electron chi connectivity index (χ2n) is 6.49. The molecular weight excluding hydrogens is 282 g/mol. The second kappa shape index (κ2) is 5.39.